The van der Waals surface area contributed by atoms with E-state index in [0.29, 0.717) is 30.5 Å². The Balaban J connectivity index is 1.50. The molecule has 0 N–H and O–H groups in total. The molecule has 34 heavy (non-hydrogen) atoms. The predicted molar refractivity (Wildman–Crippen MR) is 130 cm³/mol. The summed E-state index contributed by atoms with van der Waals surface area (Å²) in [6.45, 7) is 9.64. The summed E-state index contributed by atoms with van der Waals surface area (Å²) in [5.41, 5.74) is 2.72. The average Bonchev–Trinajstić information content (AvgIpc) is 2.76. The first kappa shape index (κ1) is 23.0. The minimum Gasteiger partial charge on any atom is -0.342 e. The Labute approximate surface area is 201 Å². The molecule has 1 spiro atoms. The molecule has 2 fully saturated rings. The van der Waals surface area contributed by atoms with Gasteiger partial charge < -0.3 is 9.80 Å². The number of rotatable bonds is 4. The summed E-state index contributed by atoms with van der Waals surface area (Å²) < 4.78 is 14.4. The number of fused-ring (bicyclic) bond motifs is 1. The molecule has 2 saturated heterocycles. The third-order valence-electron chi connectivity index (χ3n) is 7.99. The summed E-state index contributed by atoms with van der Waals surface area (Å²) in [4.78, 5) is 33.8. The molecule has 5 nitrogen and oxygen atoms in total. The Morgan fingerprint density at radius 2 is 1.79 bits per heavy atom. The van der Waals surface area contributed by atoms with Crippen molar-refractivity contribution in [2.75, 3.05) is 26.2 Å². The number of carbonyl (C=O) groups is 2. The second-order valence-electron chi connectivity index (χ2n) is 10.4. The lowest BCUT2D eigenvalue weighted by Gasteiger charge is -2.57. The molecule has 3 heterocycles. The number of halogens is 1. The van der Waals surface area contributed by atoms with E-state index in [2.05, 4.69) is 4.90 Å². The highest BCUT2D eigenvalue weighted by molar-refractivity contribution is 6.02. The highest BCUT2D eigenvalue weighted by Gasteiger charge is 2.57. The van der Waals surface area contributed by atoms with Crippen molar-refractivity contribution in [1.82, 2.24) is 14.7 Å². The fourth-order valence-corrected chi connectivity index (χ4v) is 6.23. The van der Waals surface area contributed by atoms with Crippen LogP contribution < -0.4 is 0 Å². The van der Waals surface area contributed by atoms with Gasteiger partial charge >= 0.3 is 0 Å². The van der Waals surface area contributed by atoms with Crippen LogP contribution in [0.15, 0.2) is 42.5 Å². The maximum Gasteiger partial charge on any atom is 0.254 e. The van der Waals surface area contributed by atoms with Crippen LogP contribution in [0.2, 0.25) is 0 Å². The van der Waals surface area contributed by atoms with Gasteiger partial charge in [0.25, 0.3) is 5.91 Å². The number of hydrogen-bond acceptors (Lipinski definition) is 3. The molecular weight excluding hydrogens is 429 g/mol. The number of hydrogen-bond donors (Lipinski definition) is 0. The van der Waals surface area contributed by atoms with E-state index >= 15 is 0 Å². The van der Waals surface area contributed by atoms with E-state index in [1.165, 1.54) is 6.07 Å². The number of likely N-dealkylation sites (tertiary alicyclic amines) is 2. The molecular formula is C28H34FN3O2. The first-order valence-corrected chi connectivity index (χ1v) is 12.5. The molecule has 0 aliphatic carbocycles. The summed E-state index contributed by atoms with van der Waals surface area (Å²) >= 11 is 0. The standard InChI is InChI=1S/C28H34FN3O2/c1-19(2)32-26(33)23-8-5-4-7-22(23)25(27(34)31-13-6-14-31)28(32)11-15-30(16-12-28)18-21-17-20(3)9-10-24(21)29/h4-5,7-10,17,19,25H,6,11-16,18H2,1-3H3. The topological polar surface area (TPSA) is 43.9 Å². The van der Waals surface area contributed by atoms with Crippen molar-refractivity contribution in [3.63, 3.8) is 0 Å². The Morgan fingerprint density at radius 1 is 1.09 bits per heavy atom. The molecule has 1 atom stereocenters. The zero-order valence-electron chi connectivity index (χ0n) is 20.4. The molecule has 0 saturated carbocycles. The van der Waals surface area contributed by atoms with Gasteiger partial charge in [0.05, 0.1) is 11.5 Å². The summed E-state index contributed by atoms with van der Waals surface area (Å²) in [5, 5.41) is 0. The van der Waals surface area contributed by atoms with Gasteiger partial charge in [-0.2, -0.15) is 0 Å². The van der Waals surface area contributed by atoms with Crippen LogP contribution in [-0.4, -0.2) is 64.3 Å². The van der Waals surface area contributed by atoms with Crippen molar-refractivity contribution in [2.45, 2.75) is 64.1 Å². The smallest absolute Gasteiger partial charge is 0.254 e. The van der Waals surface area contributed by atoms with Gasteiger partial charge in [0.15, 0.2) is 0 Å². The fourth-order valence-electron chi connectivity index (χ4n) is 6.23. The first-order valence-electron chi connectivity index (χ1n) is 12.5. The largest absolute Gasteiger partial charge is 0.342 e. The summed E-state index contributed by atoms with van der Waals surface area (Å²) in [6.07, 6.45) is 2.43. The normalized spacial score (nSPS) is 22.1. The van der Waals surface area contributed by atoms with Gasteiger partial charge in [-0.15, -0.1) is 0 Å². The lowest BCUT2D eigenvalue weighted by Crippen LogP contribution is -2.67. The van der Waals surface area contributed by atoms with Crippen LogP contribution >= 0.6 is 0 Å². The van der Waals surface area contributed by atoms with Crippen molar-refractivity contribution < 1.29 is 14.0 Å². The van der Waals surface area contributed by atoms with Crippen molar-refractivity contribution in [1.29, 1.82) is 0 Å². The van der Waals surface area contributed by atoms with E-state index in [1.807, 2.05) is 60.9 Å². The van der Waals surface area contributed by atoms with E-state index in [1.54, 1.807) is 6.07 Å². The first-order chi connectivity index (χ1) is 16.3. The van der Waals surface area contributed by atoms with Gasteiger partial charge in [0, 0.05) is 49.9 Å². The zero-order valence-corrected chi connectivity index (χ0v) is 20.4. The molecule has 3 aliphatic rings. The van der Waals surface area contributed by atoms with Crippen molar-refractivity contribution in [2.24, 2.45) is 0 Å². The minimum atomic E-state index is -0.562. The van der Waals surface area contributed by atoms with Crippen LogP contribution in [0.4, 0.5) is 4.39 Å². The molecule has 2 aromatic rings. The maximum atomic E-state index is 14.4. The molecule has 6 heteroatoms. The lowest BCUT2D eigenvalue weighted by atomic mass is 9.66. The number of piperidine rings is 1. The predicted octanol–water partition coefficient (Wildman–Crippen LogP) is 4.35. The number of aryl methyl sites for hydroxylation is 1. The highest BCUT2D eigenvalue weighted by Crippen LogP contribution is 2.49. The van der Waals surface area contributed by atoms with Gasteiger partial charge in [-0.3, -0.25) is 14.5 Å². The third kappa shape index (κ3) is 3.72. The molecule has 0 radical (unpaired) electrons. The van der Waals surface area contributed by atoms with E-state index in [0.717, 1.165) is 43.7 Å². The minimum absolute atomic E-state index is 0.0201. The van der Waals surface area contributed by atoms with Gasteiger partial charge in [-0.05, 0) is 57.7 Å². The lowest BCUT2D eigenvalue weighted by molar-refractivity contribution is -0.142. The Kier molecular flexibility index (Phi) is 5.96. The van der Waals surface area contributed by atoms with Crippen LogP contribution in [0.3, 0.4) is 0 Å². The van der Waals surface area contributed by atoms with Crippen LogP contribution in [0.1, 0.15) is 66.1 Å². The molecule has 180 valence electrons. The quantitative estimate of drug-likeness (QED) is 0.677. The summed E-state index contributed by atoms with van der Waals surface area (Å²) in [7, 11) is 0. The zero-order chi connectivity index (χ0) is 24.0. The molecule has 3 aliphatic heterocycles. The van der Waals surface area contributed by atoms with Crippen LogP contribution in [0.5, 0.6) is 0 Å². The van der Waals surface area contributed by atoms with Crippen LogP contribution in [0.25, 0.3) is 0 Å². The highest BCUT2D eigenvalue weighted by atomic mass is 19.1. The fraction of sp³-hybridized carbons (Fsp3) is 0.500. The Bertz CT molecular complexity index is 1100. The molecule has 5 rings (SSSR count). The second-order valence-corrected chi connectivity index (χ2v) is 10.4. The SMILES string of the molecule is Cc1ccc(F)c(CN2CCC3(CC2)C(C(=O)N2CCC2)c2ccccc2C(=O)N3C(C)C)c1. The summed E-state index contributed by atoms with van der Waals surface area (Å²) in [6, 6.07) is 12.9. The molecule has 2 amide bonds. The molecule has 0 aromatic heterocycles. The van der Waals surface area contributed by atoms with Crippen LogP contribution in [-0.2, 0) is 11.3 Å². The molecule has 1 unspecified atom stereocenters. The third-order valence-corrected chi connectivity index (χ3v) is 7.99. The van der Waals surface area contributed by atoms with Gasteiger partial charge in [0.2, 0.25) is 5.91 Å². The van der Waals surface area contributed by atoms with E-state index < -0.39 is 5.54 Å². The van der Waals surface area contributed by atoms with E-state index in [-0.39, 0.29) is 29.6 Å². The van der Waals surface area contributed by atoms with E-state index in [9.17, 15) is 14.0 Å². The summed E-state index contributed by atoms with van der Waals surface area (Å²) in [5.74, 6) is -0.365. The van der Waals surface area contributed by atoms with Crippen molar-refractivity contribution in [3.05, 3.63) is 70.5 Å². The van der Waals surface area contributed by atoms with Crippen molar-refractivity contribution in [3.8, 4) is 0 Å². The van der Waals surface area contributed by atoms with Gasteiger partial charge in [-0.1, -0.05) is 35.9 Å². The van der Waals surface area contributed by atoms with Crippen LogP contribution in [0, 0.1) is 12.7 Å². The number of amides is 2. The number of benzene rings is 2. The van der Waals surface area contributed by atoms with Gasteiger partial charge in [-0.25, -0.2) is 4.39 Å². The Hall–Kier alpha value is -2.73. The van der Waals surface area contributed by atoms with E-state index in [4.69, 9.17) is 0 Å². The van der Waals surface area contributed by atoms with Crippen molar-refractivity contribution >= 4 is 11.8 Å². The monoisotopic (exact) mass is 463 g/mol. The second kappa shape index (κ2) is 8.81. The maximum absolute atomic E-state index is 14.4. The van der Waals surface area contributed by atoms with Gasteiger partial charge in [0.1, 0.15) is 5.82 Å². The number of carbonyl (C=O) groups excluding carboxylic acids is 2. The molecule has 2 aromatic carbocycles. The Morgan fingerprint density at radius 3 is 2.44 bits per heavy atom. The number of nitrogens with zero attached hydrogens (tertiary/aromatic N) is 3. The average molecular weight is 464 g/mol. The molecule has 0 bridgehead atoms.